The van der Waals surface area contributed by atoms with Crippen LogP contribution in [0.1, 0.15) is 49.7 Å². The Balaban J connectivity index is 1.51. The molecule has 0 spiro atoms. The maximum absolute atomic E-state index is 12.5. The van der Waals surface area contributed by atoms with Crippen LogP contribution in [0.15, 0.2) is 6.07 Å². The molecular formula is C18H24N2O3. The van der Waals surface area contributed by atoms with E-state index < -0.39 is 0 Å². The van der Waals surface area contributed by atoms with Crippen LogP contribution in [0.2, 0.25) is 0 Å². The second kappa shape index (κ2) is 6.30. The molecule has 0 atom stereocenters. The zero-order chi connectivity index (χ0) is 15.6. The first-order chi connectivity index (χ1) is 11.3. The lowest BCUT2D eigenvalue weighted by Crippen LogP contribution is -2.37. The smallest absolute Gasteiger partial charge is 0.319 e. The molecule has 1 fully saturated rings. The maximum Gasteiger partial charge on any atom is 0.319 e. The van der Waals surface area contributed by atoms with E-state index in [-0.39, 0.29) is 6.03 Å². The molecule has 0 aromatic heterocycles. The third-order valence-electron chi connectivity index (χ3n) is 5.08. The molecule has 1 aromatic rings. The fourth-order valence-corrected chi connectivity index (χ4v) is 3.88. The minimum atomic E-state index is -0.116. The molecule has 124 valence electrons. The summed E-state index contributed by atoms with van der Waals surface area (Å²) in [6, 6.07) is 2.24. The highest BCUT2D eigenvalue weighted by molar-refractivity contribution is 5.93. The molecule has 0 radical (unpaired) electrons. The van der Waals surface area contributed by atoms with Gasteiger partial charge in [-0.2, -0.15) is 0 Å². The molecule has 0 saturated heterocycles. The van der Waals surface area contributed by atoms with Crippen molar-refractivity contribution in [3.05, 3.63) is 17.2 Å². The second-order valence-electron chi connectivity index (χ2n) is 6.70. The summed E-state index contributed by atoms with van der Waals surface area (Å²) in [7, 11) is 0. The van der Waals surface area contributed by atoms with Crippen molar-refractivity contribution in [3.8, 4) is 11.5 Å². The Kier molecular flexibility index (Phi) is 4.02. The summed E-state index contributed by atoms with van der Waals surface area (Å²) in [5.41, 5.74) is 3.02. The van der Waals surface area contributed by atoms with Crippen molar-refractivity contribution in [2.45, 2.75) is 57.4 Å². The number of rotatable bonds is 2. The van der Waals surface area contributed by atoms with Gasteiger partial charge in [0.05, 0.1) is 18.9 Å². The van der Waals surface area contributed by atoms with E-state index >= 15 is 0 Å². The van der Waals surface area contributed by atoms with E-state index in [0.29, 0.717) is 19.3 Å². The van der Waals surface area contributed by atoms with Gasteiger partial charge >= 0.3 is 6.03 Å². The van der Waals surface area contributed by atoms with Crippen molar-refractivity contribution in [1.82, 2.24) is 5.32 Å². The second-order valence-corrected chi connectivity index (χ2v) is 6.70. The van der Waals surface area contributed by atoms with Gasteiger partial charge in [-0.1, -0.05) is 25.7 Å². The molecule has 1 saturated carbocycles. The van der Waals surface area contributed by atoms with E-state index in [1.54, 1.807) is 0 Å². The number of hydrogen-bond donors (Lipinski definition) is 2. The predicted molar refractivity (Wildman–Crippen MR) is 88.5 cm³/mol. The molecule has 4 rings (SSSR count). The standard InChI is InChI=1S/C18H24N2O3/c21-18(19-13-5-3-1-2-4-6-13)20-16-14-8-10-22-15(14)11-12-7-9-23-17(12)16/h11,13H,1-10H2,(H2,19,20,21). The van der Waals surface area contributed by atoms with Gasteiger partial charge in [0, 0.05) is 30.0 Å². The quantitative estimate of drug-likeness (QED) is 0.822. The number of carbonyl (C=O) groups is 1. The molecule has 1 aromatic carbocycles. The predicted octanol–water partition coefficient (Wildman–Crippen LogP) is 3.40. The first-order valence-electron chi connectivity index (χ1n) is 8.83. The number of ether oxygens (including phenoxy) is 2. The molecule has 2 aliphatic heterocycles. The van der Waals surface area contributed by atoms with E-state index in [4.69, 9.17) is 9.47 Å². The Morgan fingerprint density at radius 2 is 1.83 bits per heavy atom. The van der Waals surface area contributed by atoms with Crippen LogP contribution in [0.3, 0.4) is 0 Å². The van der Waals surface area contributed by atoms with Gasteiger partial charge in [0.15, 0.2) is 0 Å². The number of nitrogens with one attached hydrogen (secondary N) is 2. The number of amides is 2. The summed E-state index contributed by atoms with van der Waals surface area (Å²) < 4.78 is 11.5. The van der Waals surface area contributed by atoms with Crippen molar-refractivity contribution < 1.29 is 14.3 Å². The van der Waals surface area contributed by atoms with Crippen LogP contribution >= 0.6 is 0 Å². The van der Waals surface area contributed by atoms with Crippen molar-refractivity contribution in [2.24, 2.45) is 0 Å². The summed E-state index contributed by atoms with van der Waals surface area (Å²) in [5, 5.41) is 6.20. The SMILES string of the molecule is O=C(Nc1c2c(cc3c1OCC3)OCC2)NC1CCCCCC1. The van der Waals surface area contributed by atoms with Crippen molar-refractivity contribution in [2.75, 3.05) is 18.5 Å². The number of fused-ring (bicyclic) bond motifs is 2. The fraction of sp³-hybridized carbons (Fsp3) is 0.611. The molecule has 0 bridgehead atoms. The number of carbonyl (C=O) groups excluding carboxylic acids is 1. The van der Waals surface area contributed by atoms with Gasteiger partial charge in [-0.15, -0.1) is 0 Å². The first-order valence-corrected chi connectivity index (χ1v) is 8.83. The maximum atomic E-state index is 12.5. The van der Waals surface area contributed by atoms with Gasteiger partial charge in [-0.05, 0) is 18.9 Å². The fourth-order valence-electron chi connectivity index (χ4n) is 3.88. The Bertz CT molecular complexity index is 575. The molecular weight excluding hydrogens is 292 g/mol. The van der Waals surface area contributed by atoms with Gasteiger partial charge in [-0.25, -0.2) is 4.79 Å². The van der Waals surface area contributed by atoms with Crippen LogP contribution in [0, 0.1) is 0 Å². The lowest BCUT2D eigenvalue weighted by Gasteiger charge is -2.19. The topological polar surface area (TPSA) is 59.6 Å². The zero-order valence-electron chi connectivity index (χ0n) is 13.5. The Morgan fingerprint density at radius 3 is 2.65 bits per heavy atom. The highest BCUT2D eigenvalue weighted by Crippen LogP contribution is 2.44. The van der Waals surface area contributed by atoms with Gasteiger partial charge in [0.1, 0.15) is 11.5 Å². The van der Waals surface area contributed by atoms with Crippen LogP contribution in [-0.4, -0.2) is 25.3 Å². The summed E-state index contributed by atoms with van der Waals surface area (Å²) in [6.45, 7) is 1.36. The minimum absolute atomic E-state index is 0.116. The zero-order valence-corrected chi connectivity index (χ0v) is 13.5. The van der Waals surface area contributed by atoms with Gasteiger partial charge in [0.2, 0.25) is 0 Å². The van der Waals surface area contributed by atoms with Crippen molar-refractivity contribution in [1.29, 1.82) is 0 Å². The van der Waals surface area contributed by atoms with Gasteiger partial charge in [0.25, 0.3) is 0 Å². The largest absolute Gasteiger partial charge is 0.493 e. The molecule has 2 heterocycles. The minimum Gasteiger partial charge on any atom is -0.493 e. The van der Waals surface area contributed by atoms with E-state index in [0.717, 1.165) is 54.0 Å². The summed E-state index contributed by atoms with van der Waals surface area (Å²) >= 11 is 0. The summed E-state index contributed by atoms with van der Waals surface area (Å²) in [5.74, 6) is 1.74. The normalized spacial score (nSPS) is 20.0. The Hall–Kier alpha value is -1.91. The number of urea groups is 1. The molecule has 2 N–H and O–H groups in total. The highest BCUT2D eigenvalue weighted by Gasteiger charge is 2.28. The Morgan fingerprint density at radius 1 is 1.04 bits per heavy atom. The molecule has 23 heavy (non-hydrogen) atoms. The lowest BCUT2D eigenvalue weighted by molar-refractivity contribution is 0.247. The first kappa shape index (κ1) is 14.7. The van der Waals surface area contributed by atoms with Crippen LogP contribution in [-0.2, 0) is 12.8 Å². The molecule has 5 nitrogen and oxygen atoms in total. The average molecular weight is 316 g/mol. The van der Waals surface area contributed by atoms with Crippen LogP contribution in [0.4, 0.5) is 10.5 Å². The molecule has 5 heteroatoms. The average Bonchev–Trinajstić information content (AvgIpc) is 3.12. The summed E-state index contributed by atoms with van der Waals surface area (Å²) in [4.78, 5) is 12.5. The molecule has 3 aliphatic rings. The van der Waals surface area contributed by atoms with Crippen molar-refractivity contribution >= 4 is 11.7 Å². The summed E-state index contributed by atoms with van der Waals surface area (Å²) in [6.07, 6.45) is 8.84. The number of benzene rings is 1. The lowest BCUT2D eigenvalue weighted by atomic mass is 10.0. The van der Waals surface area contributed by atoms with Gasteiger partial charge < -0.3 is 20.1 Å². The number of hydrogen-bond acceptors (Lipinski definition) is 3. The van der Waals surface area contributed by atoms with E-state index in [1.807, 2.05) is 0 Å². The number of anilines is 1. The molecule has 1 aliphatic carbocycles. The third kappa shape index (κ3) is 2.96. The molecule has 0 unspecified atom stereocenters. The van der Waals surface area contributed by atoms with Gasteiger partial charge in [-0.3, -0.25) is 0 Å². The van der Waals surface area contributed by atoms with E-state index in [9.17, 15) is 4.79 Å². The monoisotopic (exact) mass is 316 g/mol. The molecule has 2 amide bonds. The van der Waals surface area contributed by atoms with E-state index in [1.165, 1.54) is 25.7 Å². The Labute approximate surface area is 136 Å². The van der Waals surface area contributed by atoms with Crippen LogP contribution in [0.5, 0.6) is 11.5 Å². The van der Waals surface area contributed by atoms with Crippen molar-refractivity contribution in [3.63, 3.8) is 0 Å². The third-order valence-corrected chi connectivity index (χ3v) is 5.08. The highest BCUT2D eigenvalue weighted by atomic mass is 16.5. The van der Waals surface area contributed by atoms with Crippen LogP contribution < -0.4 is 20.1 Å². The van der Waals surface area contributed by atoms with Crippen LogP contribution in [0.25, 0.3) is 0 Å². The van der Waals surface area contributed by atoms with E-state index in [2.05, 4.69) is 16.7 Å².